The topological polar surface area (TPSA) is 50.8 Å². The Hall–Kier alpha value is -1.59. The van der Waals surface area contributed by atoms with E-state index in [4.69, 9.17) is 9.47 Å². The smallest absolute Gasteiger partial charge is 0.241 e. The molecule has 1 N–H and O–H groups in total. The number of amides is 1. The Kier molecular flexibility index (Phi) is 6.92. The molecule has 1 saturated carbocycles. The second-order valence-electron chi connectivity index (χ2n) is 7.58. The van der Waals surface area contributed by atoms with E-state index >= 15 is 0 Å². The first-order chi connectivity index (χ1) is 12.7. The van der Waals surface area contributed by atoms with E-state index in [1.54, 1.807) is 7.11 Å². The number of benzene rings is 1. The standard InChI is InChI=1S/C21H32N2O3/c1-16-6-3-4-8-20(16)26-15-14-23-13-5-7-19(23)21(24)22-17-9-11-18(25-2)12-10-17/h9-12,16,19-20H,3-8,13-15H2,1-2H3,(H,22,24). The van der Waals surface area contributed by atoms with Crippen molar-refractivity contribution in [2.45, 2.75) is 57.6 Å². The normalized spacial score (nSPS) is 26.6. The van der Waals surface area contributed by atoms with E-state index in [0.29, 0.717) is 12.0 Å². The van der Waals surface area contributed by atoms with Crippen LogP contribution < -0.4 is 10.1 Å². The summed E-state index contributed by atoms with van der Waals surface area (Å²) in [5.74, 6) is 1.54. The summed E-state index contributed by atoms with van der Waals surface area (Å²) in [6.45, 7) is 4.83. The molecule has 3 unspecified atom stereocenters. The van der Waals surface area contributed by atoms with Gasteiger partial charge in [0.05, 0.1) is 25.9 Å². The van der Waals surface area contributed by atoms with Crippen LogP contribution >= 0.6 is 0 Å². The number of anilines is 1. The summed E-state index contributed by atoms with van der Waals surface area (Å²) in [6, 6.07) is 7.43. The molecule has 2 aliphatic rings. The molecule has 1 aromatic carbocycles. The highest BCUT2D eigenvalue weighted by Crippen LogP contribution is 2.26. The van der Waals surface area contributed by atoms with E-state index in [-0.39, 0.29) is 11.9 Å². The summed E-state index contributed by atoms with van der Waals surface area (Å²) >= 11 is 0. The lowest BCUT2D eigenvalue weighted by atomic mass is 9.88. The first-order valence-corrected chi connectivity index (χ1v) is 9.98. The van der Waals surface area contributed by atoms with E-state index < -0.39 is 0 Å². The average molecular weight is 360 g/mol. The molecule has 5 nitrogen and oxygen atoms in total. The molecule has 26 heavy (non-hydrogen) atoms. The molecule has 0 radical (unpaired) electrons. The quantitative estimate of drug-likeness (QED) is 0.806. The molecular formula is C21H32N2O3. The van der Waals surface area contributed by atoms with Gasteiger partial charge in [-0.1, -0.05) is 19.8 Å². The van der Waals surface area contributed by atoms with Crippen LogP contribution in [0.15, 0.2) is 24.3 Å². The number of hydrogen-bond donors (Lipinski definition) is 1. The first kappa shape index (κ1) is 19.2. The van der Waals surface area contributed by atoms with E-state index in [0.717, 1.165) is 44.0 Å². The van der Waals surface area contributed by atoms with Crippen LogP contribution in [-0.2, 0) is 9.53 Å². The van der Waals surface area contributed by atoms with E-state index in [1.165, 1.54) is 25.7 Å². The Morgan fingerprint density at radius 2 is 1.92 bits per heavy atom. The molecule has 1 saturated heterocycles. The number of nitrogens with zero attached hydrogens (tertiary/aromatic N) is 1. The van der Waals surface area contributed by atoms with Gasteiger partial charge in [0.2, 0.25) is 5.91 Å². The number of ether oxygens (including phenoxy) is 2. The predicted molar refractivity (Wildman–Crippen MR) is 104 cm³/mol. The number of methoxy groups -OCH3 is 1. The molecule has 1 heterocycles. The van der Waals surface area contributed by atoms with Gasteiger partial charge in [-0.2, -0.15) is 0 Å². The van der Waals surface area contributed by atoms with Crippen molar-refractivity contribution in [3.05, 3.63) is 24.3 Å². The summed E-state index contributed by atoms with van der Waals surface area (Å²) in [5, 5.41) is 3.04. The van der Waals surface area contributed by atoms with Gasteiger partial charge < -0.3 is 14.8 Å². The van der Waals surface area contributed by atoms with Crippen LogP contribution in [0.4, 0.5) is 5.69 Å². The Balaban J connectivity index is 1.46. The lowest BCUT2D eigenvalue weighted by Gasteiger charge is -2.30. The molecule has 5 heteroatoms. The minimum Gasteiger partial charge on any atom is -0.497 e. The number of likely N-dealkylation sites (tertiary alicyclic amines) is 1. The van der Waals surface area contributed by atoms with Crippen LogP contribution in [0.3, 0.4) is 0 Å². The second-order valence-corrected chi connectivity index (χ2v) is 7.58. The third-order valence-corrected chi connectivity index (χ3v) is 5.77. The number of nitrogens with one attached hydrogen (secondary N) is 1. The van der Waals surface area contributed by atoms with Crippen molar-refractivity contribution in [1.82, 2.24) is 4.90 Å². The Morgan fingerprint density at radius 1 is 1.15 bits per heavy atom. The van der Waals surface area contributed by atoms with Crippen molar-refractivity contribution in [2.24, 2.45) is 5.92 Å². The largest absolute Gasteiger partial charge is 0.497 e. The van der Waals surface area contributed by atoms with Crippen LogP contribution in [-0.4, -0.2) is 49.8 Å². The highest BCUT2D eigenvalue weighted by molar-refractivity contribution is 5.95. The molecule has 1 aliphatic heterocycles. The first-order valence-electron chi connectivity index (χ1n) is 9.98. The lowest BCUT2D eigenvalue weighted by Crippen LogP contribution is -2.41. The van der Waals surface area contributed by atoms with E-state index in [2.05, 4.69) is 17.1 Å². The monoisotopic (exact) mass is 360 g/mol. The molecule has 144 valence electrons. The zero-order valence-electron chi connectivity index (χ0n) is 16.1. The van der Waals surface area contributed by atoms with Gasteiger partial charge in [0.1, 0.15) is 5.75 Å². The summed E-state index contributed by atoms with van der Waals surface area (Å²) < 4.78 is 11.3. The lowest BCUT2D eigenvalue weighted by molar-refractivity contribution is -0.120. The zero-order valence-corrected chi connectivity index (χ0v) is 16.1. The molecule has 1 amide bonds. The molecule has 1 aromatic rings. The average Bonchev–Trinajstić information content (AvgIpc) is 3.12. The minimum atomic E-state index is -0.0514. The molecule has 3 rings (SSSR count). The summed E-state index contributed by atoms with van der Waals surface area (Å²) in [6.07, 6.45) is 7.47. The number of rotatable bonds is 7. The Labute approximate surface area is 157 Å². The molecule has 3 atom stereocenters. The number of carbonyl (C=O) groups excluding carboxylic acids is 1. The van der Waals surface area contributed by atoms with Gasteiger partial charge >= 0.3 is 0 Å². The van der Waals surface area contributed by atoms with Gasteiger partial charge in [0, 0.05) is 12.2 Å². The van der Waals surface area contributed by atoms with Gasteiger partial charge in [-0.15, -0.1) is 0 Å². The molecule has 0 spiro atoms. The molecule has 0 aromatic heterocycles. The van der Waals surface area contributed by atoms with Gasteiger partial charge in [0.25, 0.3) is 0 Å². The van der Waals surface area contributed by atoms with Gasteiger partial charge in [0.15, 0.2) is 0 Å². The maximum absolute atomic E-state index is 12.7. The van der Waals surface area contributed by atoms with Crippen molar-refractivity contribution >= 4 is 11.6 Å². The van der Waals surface area contributed by atoms with Crippen LogP contribution in [0.5, 0.6) is 5.75 Å². The van der Waals surface area contributed by atoms with Gasteiger partial charge in [-0.25, -0.2) is 0 Å². The third-order valence-electron chi connectivity index (χ3n) is 5.77. The summed E-state index contributed by atoms with van der Waals surface area (Å²) in [5.41, 5.74) is 0.815. The fourth-order valence-corrected chi connectivity index (χ4v) is 4.14. The Morgan fingerprint density at radius 3 is 2.65 bits per heavy atom. The molecular weight excluding hydrogens is 328 g/mol. The highest BCUT2D eigenvalue weighted by atomic mass is 16.5. The molecule has 1 aliphatic carbocycles. The van der Waals surface area contributed by atoms with E-state index in [1.807, 2.05) is 24.3 Å². The minimum absolute atomic E-state index is 0.0514. The number of hydrogen-bond acceptors (Lipinski definition) is 4. The van der Waals surface area contributed by atoms with E-state index in [9.17, 15) is 4.79 Å². The van der Waals surface area contributed by atoms with Crippen LogP contribution in [0.25, 0.3) is 0 Å². The highest BCUT2D eigenvalue weighted by Gasteiger charge is 2.31. The fourth-order valence-electron chi connectivity index (χ4n) is 4.14. The maximum Gasteiger partial charge on any atom is 0.241 e. The van der Waals surface area contributed by atoms with Gasteiger partial charge in [-0.3, -0.25) is 9.69 Å². The van der Waals surface area contributed by atoms with Crippen molar-refractivity contribution in [3.8, 4) is 5.75 Å². The fraction of sp³-hybridized carbons (Fsp3) is 0.667. The van der Waals surface area contributed by atoms with Crippen molar-refractivity contribution in [3.63, 3.8) is 0 Å². The zero-order chi connectivity index (χ0) is 18.4. The predicted octanol–water partition coefficient (Wildman–Crippen LogP) is 3.69. The molecule has 2 fully saturated rings. The van der Waals surface area contributed by atoms with Crippen molar-refractivity contribution < 1.29 is 14.3 Å². The van der Waals surface area contributed by atoms with Crippen molar-refractivity contribution in [2.75, 3.05) is 32.1 Å². The SMILES string of the molecule is COc1ccc(NC(=O)C2CCCN2CCOC2CCCCC2C)cc1. The second kappa shape index (κ2) is 9.38. The van der Waals surface area contributed by atoms with Crippen molar-refractivity contribution in [1.29, 1.82) is 0 Å². The molecule has 0 bridgehead atoms. The van der Waals surface area contributed by atoms with Crippen LogP contribution in [0.2, 0.25) is 0 Å². The number of carbonyl (C=O) groups is 1. The van der Waals surface area contributed by atoms with Crippen LogP contribution in [0, 0.1) is 5.92 Å². The summed E-state index contributed by atoms with van der Waals surface area (Å²) in [4.78, 5) is 14.9. The Bertz CT molecular complexity index is 575. The maximum atomic E-state index is 12.7. The van der Waals surface area contributed by atoms with Gasteiger partial charge in [-0.05, 0) is 62.4 Å². The van der Waals surface area contributed by atoms with Crippen LogP contribution in [0.1, 0.15) is 45.4 Å². The third kappa shape index (κ3) is 4.98. The summed E-state index contributed by atoms with van der Waals surface area (Å²) in [7, 11) is 1.64.